The number of anilines is 2. The number of nitrogens with one attached hydrogen (secondary N) is 1. The Morgan fingerprint density at radius 3 is 2.69 bits per heavy atom. The number of amides is 2. The van der Waals surface area contributed by atoms with Gasteiger partial charge in [-0.05, 0) is 43.7 Å². The molecule has 1 atom stereocenters. The Hall–Kier alpha value is -2.53. The van der Waals surface area contributed by atoms with Crippen molar-refractivity contribution in [2.45, 2.75) is 20.3 Å². The first-order chi connectivity index (χ1) is 12.4. The Labute approximate surface area is 157 Å². The second kappa shape index (κ2) is 7.38. The van der Waals surface area contributed by atoms with Crippen molar-refractivity contribution >= 4 is 34.8 Å². The molecule has 3 rings (SSSR count). The summed E-state index contributed by atoms with van der Waals surface area (Å²) in [6.07, 6.45) is 0.159. The molecule has 0 bridgehead atoms. The monoisotopic (exact) mass is 372 g/mol. The highest BCUT2D eigenvalue weighted by Gasteiger charge is 2.36. The van der Waals surface area contributed by atoms with Gasteiger partial charge >= 0.3 is 0 Å². The minimum atomic E-state index is -0.424. The predicted octanol–water partition coefficient (Wildman–Crippen LogP) is 3.96. The number of hydrogen-bond donors (Lipinski definition) is 1. The van der Waals surface area contributed by atoms with Crippen LogP contribution >= 0.6 is 11.6 Å². The van der Waals surface area contributed by atoms with Crippen LogP contribution in [0.5, 0.6) is 5.75 Å². The zero-order chi connectivity index (χ0) is 18.8. The molecule has 1 saturated heterocycles. The van der Waals surface area contributed by atoms with Gasteiger partial charge in [0.2, 0.25) is 11.8 Å². The van der Waals surface area contributed by atoms with Crippen LogP contribution in [0.1, 0.15) is 17.5 Å². The van der Waals surface area contributed by atoms with Gasteiger partial charge in [-0.1, -0.05) is 29.3 Å². The number of benzene rings is 2. The van der Waals surface area contributed by atoms with Gasteiger partial charge in [-0.2, -0.15) is 0 Å². The van der Waals surface area contributed by atoms with Crippen LogP contribution in [0.4, 0.5) is 11.4 Å². The maximum atomic E-state index is 12.6. The van der Waals surface area contributed by atoms with E-state index in [1.165, 1.54) is 7.11 Å². The summed E-state index contributed by atoms with van der Waals surface area (Å²) >= 11 is 6.06. The van der Waals surface area contributed by atoms with Gasteiger partial charge in [0.05, 0.1) is 18.7 Å². The van der Waals surface area contributed by atoms with Crippen LogP contribution in [0.25, 0.3) is 0 Å². The molecule has 0 aliphatic carbocycles. The SMILES string of the molecule is COc1ccc(Cl)cc1N1C[C@@H](C(=O)Nc2ccc(C)cc2C)CC1=O. The maximum absolute atomic E-state index is 12.6. The number of carbonyl (C=O) groups excluding carboxylic acids is 2. The van der Waals surface area contributed by atoms with Gasteiger partial charge in [0.1, 0.15) is 5.75 Å². The molecule has 136 valence electrons. The van der Waals surface area contributed by atoms with E-state index in [0.29, 0.717) is 23.0 Å². The van der Waals surface area contributed by atoms with Gasteiger partial charge in [0.25, 0.3) is 0 Å². The highest BCUT2D eigenvalue weighted by molar-refractivity contribution is 6.31. The standard InChI is InChI=1S/C20H21ClN2O3/c1-12-4-6-16(13(2)8-12)22-20(25)14-9-19(24)23(11-14)17-10-15(21)5-7-18(17)26-3/h4-8,10,14H,9,11H2,1-3H3,(H,22,25)/t14-/m0/s1. The molecular formula is C20H21ClN2O3. The van der Waals surface area contributed by atoms with E-state index in [2.05, 4.69) is 5.32 Å². The van der Waals surface area contributed by atoms with Gasteiger partial charge in [0, 0.05) is 23.7 Å². The number of nitrogens with zero attached hydrogens (tertiary/aromatic N) is 1. The number of halogens is 1. The molecule has 1 heterocycles. The number of hydrogen-bond acceptors (Lipinski definition) is 3. The summed E-state index contributed by atoms with van der Waals surface area (Å²) in [5.74, 6) is -0.148. The van der Waals surface area contributed by atoms with Crippen molar-refractivity contribution in [2.24, 2.45) is 5.92 Å². The smallest absolute Gasteiger partial charge is 0.229 e. The van der Waals surface area contributed by atoms with Gasteiger partial charge in [-0.3, -0.25) is 9.59 Å². The zero-order valence-corrected chi connectivity index (χ0v) is 15.8. The van der Waals surface area contributed by atoms with E-state index < -0.39 is 5.92 Å². The molecule has 1 fully saturated rings. The summed E-state index contributed by atoms with van der Waals surface area (Å²) in [4.78, 5) is 26.7. The van der Waals surface area contributed by atoms with Crippen LogP contribution in [0.2, 0.25) is 5.02 Å². The first kappa shape index (κ1) is 18.3. The topological polar surface area (TPSA) is 58.6 Å². The van der Waals surface area contributed by atoms with Crippen molar-refractivity contribution in [1.82, 2.24) is 0 Å². The molecule has 0 aromatic heterocycles. The summed E-state index contributed by atoms with van der Waals surface area (Å²) in [6, 6.07) is 11.0. The largest absolute Gasteiger partial charge is 0.495 e. The summed E-state index contributed by atoms with van der Waals surface area (Å²) in [5.41, 5.74) is 3.49. The molecule has 0 saturated carbocycles. The van der Waals surface area contributed by atoms with Crippen LogP contribution in [0, 0.1) is 19.8 Å². The summed E-state index contributed by atoms with van der Waals surface area (Å²) < 4.78 is 5.33. The number of rotatable bonds is 4. The second-order valence-corrected chi connectivity index (χ2v) is 6.97. The van der Waals surface area contributed by atoms with Crippen molar-refractivity contribution in [3.63, 3.8) is 0 Å². The fourth-order valence-corrected chi connectivity index (χ4v) is 3.35. The fourth-order valence-electron chi connectivity index (χ4n) is 3.18. The van der Waals surface area contributed by atoms with Crippen LogP contribution < -0.4 is 15.0 Å². The number of aryl methyl sites for hydroxylation is 2. The van der Waals surface area contributed by atoms with Gasteiger partial charge < -0.3 is 15.0 Å². The highest BCUT2D eigenvalue weighted by Crippen LogP contribution is 2.35. The molecule has 2 aromatic carbocycles. The average molecular weight is 373 g/mol. The first-order valence-electron chi connectivity index (χ1n) is 8.41. The van der Waals surface area contributed by atoms with E-state index >= 15 is 0 Å². The minimum Gasteiger partial charge on any atom is -0.495 e. The molecule has 2 aromatic rings. The van der Waals surface area contributed by atoms with Crippen LogP contribution in [0.3, 0.4) is 0 Å². The molecular weight excluding hydrogens is 352 g/mol. The van der Waals surface area contributed by atoms with Crippen molar-refractivity contribution in [3.05, 3.63) is 52.5 Å². The maximum Gasteiger partial charge on any atom is 0.229 e. The lowest BCUT2D eigenvalue weighted by atomic mass is 10.1. The first-order valence-corrected chi connectivity index (χ1v) is 8.79. The Morgan fingerprint density at radius 2 is 2.00 bits per heavy atom. The van der Waals surface area contributed by atoms with Crippen molar-refractivity contribution < 1.29 is 14.3 Å². The van der Waals surface area contributed by atoms with E-state index in [0.717, 1.165) is 16.8 Å². The number of carbonyl (C=O) groups is 2. The fraction of sp³-hybridized carbons (Fsp3) is 0.300. The molecule has 0 spiro atoms. The molecule has 1 aliphatic heterocycles. The number of ether oxygens (including phenoxy) is 1. The van der Waals surface area contributed by atoms with Gasteiger partial charge in [0.15, 0.2) is 0 Å². The third-order valence-electron chi connectivity index (χ3n) is 4.57. The summed E-state index contributed by atoms with van der Waals surface area (Å²) in [7, 11) is 1.54. The Balaban J connectivity index is 1.77. The normalized spacial score (nSPS) is 16.7. The average Bonchev–Trinajstić information content (AvgIpc) is 2.99. The van der Waals surface area contributed by atoms with Crippen LogP contribution in [-0.4, -0.2) is 25.5 Å². The van der Waals surface area contributed by atoms with Crippen molar-refractivity contribution in [3.8, 4) is 5.75 Å². The minimum absolute atomic E-state index is 0.119. The molecule has 0 unspecified atom stereocenters. The van der Waals surface area contributed by atoms with Gasteiger partial charge in [-0.15, -0.1) is 0 Å². The third kappa shape index (κ3) is 3.68. The van der Waals surface area contributed by atoms with E-state index in [1.807, 2.05) is 32.0 Å². The Bertz CT molecular complexity index is 866. The molecule has 26 heavy (non-hydrogen) atoms. The quantitative estimate of drug-likeness (QED) is 0.883. The van der Waals surface area contributed by atoms with E-state index in [-0.39, 0.29) is 18.2 Å². The summed E-state index contributed by atoms with van der Waals surface area (Å²) in [5, 5.41) is 3.45. The lowest BCUT2D eigenvalue weighted by Crippen LogP contribution is -2.28. The Morgan fingerprint density at radius 1 is 1.23 bits per heavy atom. The molecule has 5 nitrogen and oxygen atoms in total. The van der Waals surface area contributed by atoms with Crippen LogP contribution in [-0.2, 0) is 9.59 Å². The lowest BCUT2D eigenvalue weighted by molar-refractivity contribution is -0.122. The van der Waals surface area contributed by atoms with Crippen LogP contribution in [0.15, 0.2) is 36.4 Å². The molecule has 6 heteroatoms. The predicted molar refractivity (Wildman–Crippen MR) is 103 cm³/mol. The molecule has 1 N–H and O–H groups in total. The number of methoxy groups -OCH3 is 1. The van der Waals surface area contributed by atoms with Crippen molar-refractivity contribution in [2.75, 3.05) is 23.9 Å². The molecule has 0 radical (unpaired) electrons. The molecule has 2 amide bonds. The van der Waals surface area contributed by atoms with E-state index in [4.69, 9.17) is 16.3 Å². The third-order valence-corrected chi connectivity index (χ3v) is 4.80. The zero-order valence-electron chi connectivity index (χ0n) is 15.0. The Kier molecular flexibility index (Phi) is 5.18. The van der Waals surface area contributed by atoms with E-state index in [9.17, 15) is 9.59 Å². The summed E-state index contributed by atoms with van der Waals surface area (Å²) in [6.45, 7) is 4.25. The lowest BCUT2D eigenvalue weighted by Gasteiger charge is -2.20. The molecule has 1 aliphatic rings. The van der Waals surface area contributed by atoms with Gasteiger partial charge in [-0.25, -0.2) is 0 Å². The van der Waals surface area contributed by atoms with E-state index in [1.54, 1.807) is 23.1 Å². The second-order valence-electron chi connectivity index (χ2n) is 6.53. The van der Waals surface area contributed by atoms with Crippen molar-refractivity contribution in [1.29, 1.82) is 0 Å². The highest BCUT2D eigenvalue weighted by atomic mass is 35.5.